The van der Waals surface area contributed by atoms with E-state index in [2.05, 4.69) is 51.4 Å². The van der Waals surface area contributed by atoms with Gasteiger partial charge in [0.2, 0.25) is 5.91 Å². The number of carbonyl (C=O) groups is 1. The van der Waals surface area contributed by atoms with Crippen molar-refractivity contribution in [3.63, 3.8) is 0 Å². The molecule has 1 saturated heterocycles. The molecule has 1 aromatic heterocycles. The van der Waals surface area contributed by atoms with E-state index in [9.17, 15) is 4.79 Å². The number of amides is 1. The summed E-state index contributed by atoms with van der Waals surface area (Å²) < 4.78 is 2.25. The highest BCUT2D eigenvalue weighted by atomic mass is 32.1. The topological polar surface area (TPSA) is 69.2 Å². The quantitative estimate of drug-likeness (QED) is 0.712. The van der Waals surface area contributed by atoms with Gasteiger partial charge in [-0.3, -0.25) is 19.4 Å². The number of aryl methyl sites for hydroxylation is 1. The molecule has 3 rings (SSSR count). The van der Waals surface area contributed by atoms with Gasteiger partial charge in [0, 0.05) is 44.8 Å². The highest BCUT2D eigenvalue weighted by Gasteiger charge is 2.14. The van der Waals surface area contributed by atoms with Gasteiger partial charge < -0.3 is 10.2 Å². The number of rotatable bonds is 7. The highest BCUT2D eigenvalue weighted by molar-refractivity contribution is 7.71. The van der Waals surface area contributed by atoms with Gasteiger partial charge in [-0.05, 0) is 43.4 Å². The van der Waals surface area contributed by atoms with Crippen LogP contribution in [0, 0.1) is 4.77 Å². The Morgan fingerprint density at radius 2 is 2.07 bits per heavy atom. The molecule has 0 bridgehead atoms. The molecule has 1 aliphatic rings. The van der Waals surface area contributed by atoms with Crippen LogP contribution in [-0.2, 0) is 24.3 Å². The van der Waals surface area contributed by atoms with Crippen LogP contribution in [0.3, 0.4) is 0 Å². The van der Waals surface area contributed by atoms with E-state index in [1.54, 1.807) is 4.57 Å². The molecule has 7 nitrogen and oxygen atoms in total. The minimum Gasteiger partial charge on any atom is -0.325 e. The number of aromatic nitrogens is 3. The van der Waals surface area contributed by atoms with Gasteiger partial charge >= 0.3 is 0 Å². The zero-order valence-electron chi connectivity index (χ0n) is 16.1. The van der Waals surface area contributed by atoms with Crippen LogP contribution in [0.5, 0.6) is 0 Å². The number of piperazine rings is 1. The molecule has 0 atom stereocenters. The first-order valence-electron chi connectivity index (χ1n) is 9.49. The Morgan fingerprint density at radius 3 is 2.81 bits per heavy atom. The van der Waals surface area contributed by atoms with Gasteiger partial charge in [-0.1, -0.05) is 19.1 Å². The van der Waals surface area contributed by atoms with Crippen LogP contribution in [0.25, 0.3) is 0 Å². The maximum atomic E-state index is 12.5. The zero-order valence-corrected chi connectivity index (χ0v) is 16.9. The summed E-state index contributed by atoms with van der Waals surface area (Å²) in [6, 6.07) is 8.08. The van der Waals surface area contributed by atoms with Gasteiger partial charge in [-0.25, -0.2) is 0 Å². The number of likely N-dealkylation sites (N-methyl/N-ethyl adjacent to an activating group) is 1. The predicted molar refractivity (Wildman–Crippen MR) is 109 cm³/mol. The Labute approximate surface area is 165 Å². The molecule has 1 aliphatic heterocycles. The highest BCUT2D eigenvalue weighted by Crippen LogP contribution is 2.14. The van der Waals surface area contributed by atoms with Crippen LogP contribution in [0.2, 0.25) is 0 Å². The molecule has 0 spiro atoms. The molecule has 2 heterocycles. The summed E-state index contributed by atoms with van der Waals surface area (Å²) in [4.78, 5) is 17.3. The van der Waals surface area contributed by atoms with Crippen molar-refractivity contribution in [2.45, 2.75) is 32.9 Å². The van der Waals surface area contributed by atoms with Crippen LogP contribution >= 0.6 is 12.2 Å². The minimum atomic E-state index is -0.0957. The van der Waals surface area contributed by atoms with Crippen molar-refractivity contribution < 1.29 is 4.79 Å². The largest absolute Gasteiger partial charge is 0.325 e. The first kappa shape index (κ1) is 19.7. The summed E-state index contributed by atoms with van der Waals surface area (Å²) in [5, 5.41) is 9.97. The van der Waals surface area contributed by atoms with Gasteiger partial charge in [0.25, 0.3) is 0 Å². The molecule has 1 amide bonds. The van der Waals surface area contributed by atoms with E-state index in [0.717, 1.165) is 57.1 Å². The van der Waals surface area contributed by atoms with Gasteiger partial charge in [0.05, 0.1) is 0 Å². The van der Waals surface area contributed by atoms with Gasteiger partial charge in [-0.2, -0.15) is 5.10 Å². The van der Waals surface area contributed by atoms with Gasteiger partial charge in [0.15, 0.2) is 4.77 Å². The van der Waals surface area contributed by atoms with Crippen molar-refractivity contribution in [2.24, 2.45) is 0 Å². The van der Waals surface area contributed by atoms with E-state index in [1.807, 2.05) is 12.1 Å². The summed E-state index contributed by atoms with van der Waals surface area (Å²) >= 11 is 5.25. The number of hydrogen-bond acceptors (Lipinski definition) is 5. The number of aromatic amines is 1. The Hall–Kier alpha value is -2.03. The molecule has 2 aromatic rings. The van der Waals surface area contributed by atoms with Crippen molar-refractivity contribution in [1.29, 1.82) is 0 Å². The van der Waals surface area contributed by atoms with E-state index >= 15 is 0 Å². The Kier molecular flexibility index (Phi) is 6.76. The molecule has 8 heteroatoms. The predicted octanol–water partition coefficient (Wildman–Crippen LogP) is 2.28. The number of nitrogens with zero attached hydrogens (tertiary/aromatic N) is 4. The standard InChI is InChI=1S/C19H28N6OS/c1-3-5-17-21-22-19(27)25(17)14-18(26)20-16-7-4-6-15(12-16)13-24-10-8-23(2)9-11-24/h4,6-7,12H,3,5,8-11,13-14H2,1-2H3,(H,20,26)(H,22,27). The Bertz CT molecular complexity index is 822. The lowest BCUT2D eigenvalue weighted by Gasteiger charge is -2.32. The lowest BCUT2D eigenvalue weighted by Crippen LogP contribution is -2.43. The summed E-state index contributed by atoms with van der Waals surface area (Å²) in [7, 11) is 2.16. The fourth-order valence-corrected chi connectivity index (χ4v) is 3.50. The molecule has 0 unspecified atom stereocenters. The normalized spacial score (nSPS) is 15.8. The Balaban J connectivity index is 1.60. The molecule has 1 fully saturated rings. The molecule has 146 valence electrons. The average Bonchev–Trinajstić information content (AvgIpc) is 2.98. The third kappa shape index (κ3) is 5.47. The van der Waals surface area contributed by atoms with E-state index in [-0.39, 0.29) is 12.5 Å². The van der Waals surface area contributed by atoms with Crippen molar-refractivity contribution in [3.8, 4) is 0 Å². The summed E-state index contributed by atoms with van der Waals surface area (Å²) in [5.74, 6) is 0.725. The van der Waals surface area contributed by atoms with Crippen molar-refractivity contribution in [1.82, 2.24) is 24.6 Å². The van der Waals surface area contributed by atoms with E-state index in [1.165, 1.54) is 5.56 Å². The second-order valence-corrected chi connectivity index (χ2v) is 7.50. The number of hydrogen-bond donors (Lipinski definition) is 2. The van der Waals surface area contributed by atoms with E-state index in [4.69, 9.17) is 12.2 Å². The van der Waals surface area contributed by atoms with Crippen LogP contribution in [-0.4, -0.2) is 63.7 Å². The van der Waals surface area contributed by atoms with Crippen LogP contribution in [0.1, 0.15) is 24.7 Å². The van der Waals surface area contributed by atoms with Gasteiger partial charge in [0.1, 0.15) is 12.4 Å². The second kappa shape index (κ2) is 9.25. The zero-order chi connectivity index (χ0) is 19.2. The molecule has 2 N–H and O–H groups in total. The monoisotopic (exact) mass is 388 g/mol. The lowest BCUT2D eigenvalue weighted by molar-refractivity contribution is -0.116. The SMILES string of the molecule is CCCc1n[nH]c(=S)n1CC(=O)Nc1cccc(CN2CCN(C)CC2)c1. The molecule has 0 saturated carbocycles. The lowest BCUT2D eigenvalue weighted by atomic mass is 10.1. The van der Waals surface area contributed by atoms with E-state index < -0.39 is 0 Å². The summed E-state index contributed by atoms with van der Waals surface area (Å²) in [6.07, 6.45) is 1.75. The third-order valence-electron chi connectivity index (χ3n) is 4.83. The first-order chi connectivity index (χ1) is 13.0. The fraction of sp³-hybridized carbons (Fsp3) is 0.526. The van der Waals surface area contributed by atoms with Crippen LogP contribution in [0.4, 0.5) is 5.69 Å². The summed E-state index contributed by atoms with van der Waals surface area (Å²) in [6.45, 7) is 7.51. The van der Waals surface area contributed by atoms with Crippen molar-refractivity contribution >= 4 is 23.8 Å². The Morgan fingerprint density at radius 1 is 1.30 bits per heavy atom. The van der Waals surface area contributed by atoms with Crippen molar-refractivity contribution in [3.05, 3.63) is 40.4 Å². The third-order valence-corrected chi connectivity index (χ3v) is 5.14. The molecule has 0 radical (unpaired) electrons. The smallest absolute Gasteiger partial charge is 0.244 e. The van der Waals surface area contributed by atoms with Crippen LogP contribution in [0.15, 0.2) is 24.3 Å². The summed E-state index contributed by atoms with van der Waals surface area (Å²) in [5.41, 5.74) is 2.03. The maximum Gasteiger partial charge on any atom is 0.244 e. The fourth-order valence-electron chi connectivity index (χ4n) is 3.28. The molecular weight excluding hydrogens is 360 g/mol. The minimum absolute atomic E-state index is 0.0957. The second-order valence-electron chi connectivity index (χ2n) is 7.11. The average molecular weight is 389 g/mol. The molecular formula is C19H28N6OS. The number of nitrogens with one attached hydrogen (secondary N) is 2. The first-order valence-corrected chi connectivity index (χ1v) is 9.89. The number of anilines is 1. The van der Waals surface area contributed by atoms with Gasteiger partial charge in [-0.15, -0.1) is 0 Å². The number of carbonyl (C=O) groups excluding carboxylic acids is 1. The molecule has 1 aromatic carbocycles. The van der Waals surface area contributed by atoms with Crippen molar-refractivity contribution in [2.75, 3.05) is 38.5 Å². The van der Waals surface area contributed by atoms with E-state index in [0.29, 0.717) is 4.77 Å². The maximum absolute atomic E-state index is 12.5. The number of benzene rings is 1. The molecule has 27 heavy (non-hydrogen) atoms. The molecule has 0 aliphatic carbocycles. The number of H-pyrrole nitrogens is 1. The van der Waals surface area contributed by atoms with Crippen LogP contribution < -0.4 is 5.32 Å².